The van der Waals surface area contributed by atoms with Gasteiger partial charge < -0.3 is 10.6 Å². The van der Waals surface area contributed by atoms with E-state index in [2.05, 4.69) is 32.5 Å². The van der Waals surface area contributed by atoms with Crippen LogP contribution in [-0.4, -0.2) is 39.4 Å². The number of halogens is 1. The first kappa shape index (κ1) is 25.8. The number of aryl methyl sites for hydroxylation is 2. The number of aliphatic imine (C=N–C) groups is 1. The van der Waals surface area contributed by atoms with Crippen LogP contribution in [0.25, 0.3) is 0 Å². The van der Waals surface area contributed by atoms with Gasteiger partial charge in [-0.2, -0.15) is 0 Å². The predicted octanol–water partition coefficient (Wildman–Crippen LogP) is 2.47. The first-order valence-electron chi connectivity index (χ1n) is 8.97. The van der Waals surface area contributed by atoms with Crippen molar-refractivity contribution in [3.05, 3.63) is 69.3 Å². The highest BCUT2D eigenvalue weighted by atomic mass is 127. The summed E-state index contributed by atoms with van der Waals surface area (Å²) in [5.41, 5.74) is 3.24. The molecule has 164 valence electrons. The monoisotopic (exact) mass is 547 g/mol. The second-order valence-corrected chi connectivity index (χ2v) is 8.20. The Balaban J connectivity index is 0.00000450. The predicted molar refractivity (Wildman–Crippen MR) is 128 cm³/mol. The lowest BCUT2D eigenvalue weighted by molar-refractivity contribution is -0.385. The van der Waals surface area contributed by atoms with E-state index in [4.69, 9.17) is 0 Å². The van der Waals surface area contributed by atoms with E-state index in [0.29, 0.717) is 19.0 Å². The van der Waals surface area contributed by atoms with Crippen molar-refractivity contribution in [1.82, 2.24) is 15.4 Å². The van der Waals surface area contributed by atoms with E-state index in [-0.39, 0.29) is 41.1 Å². The molecule has 0 aliphatic heterocycles. The fraction of sp³-hybridized carbons (Fsp3) is 0.316. The second-order valence-electron chi connectivity index (χ2n) is 6.43. The van der Waals surface area contributed by atoms with Gasteiger partial charge in [0.15, 0.2) is 5.96 Å². The summed E-state index contributed by atoms with van der Waals surface area (Å²) in [6.45, 7) is 5.06. The topological polar surface area (TPSA) is 126 Å². The van der Waals surface area contributed by atoms with Gasteiger partial charge in [-0.1, -0.05) is 29.8 Å². The molecular formula is C19H26IN5O4S. The van der Waals surface area contributed by atoms with Crippen molar-refractivity contribution in [3.63, 3.8) is 0 Å². The Bertz CT molecular complexity index is 1010. The van der Waals surface area contributed by atoms with Crippen molar-refractivity contribution in [2.45, 2.75) is 25.3 Å². The minimum atomic E-state index is -3.84. The fourth-order valence-electron chi connectivity index (χ4n) is 2.66. The van der Waals surface area contributed by atoms with E-state index >= 15 is 0 Å². The van der Waals surface area contributed by atoms with E-state index < -0.39 is 14.9 Å². The van der Waals surface area contributed by atoms with Crippen LogP contribution in [-0.2, 0) is 16.6 Å². The van der Waals surface area contributed by atoms with Gasteiger partial charge in [0, 0.05) is 38.8 Å². The Hall–Kier alpha value is -2.25. The molecule has 3 N–H and O–H groups in total. The molecule has 30 heavy (non-hydrogen) atoms. The highest BCUT2D eigenvalue weighted by Gasteiger charge is 2.17. The molecule has 0 fully saturated rings. The molecule has 0 saturated heterocycles. The normalized spacial score (nSPS) is 11.5. The highest BCUT2D eigenvalue weighted by molar-refractivity contribution is 14.0. The molecule has 0 saturated carbocycles. The zero-order valence-electron chi connectivity index (χ0n) is 17.0. The van der Waals surface area contributed by atoms with Crippen LogP contribution in [0, 0.1) is 24.0 Å². The molecule has 2 rings (SSSR count). The van der Waals surface area contributed by atoms with E-state index in [1.54, 1.807) is 7.05 Å². The number of benzene rings is 2. The standard InChI is InChI=1S/C19H25N5O4S.HI/c1-14-7-8-16(15(2)11-14)13-22-19(20-3)21-9-10-23-29(27,28)18-6-4-5-17(12-18)24(25)26;/h4-8,11-12,23H,9-10,13H2,1-3H3,(H2,20,21,22);1H. The number of sulfonamides is 1. The molecule has 0 aliphatic rings. The largest absolute Gasteiger partial charge is 0.355 e. The van der Waals surface area contributed by atoms with E-state index in [0.717, 1.165) is 11.6 Å². The molecule has 0 aliphatic carbocycles. The minimum absolute atomic E-state index is 0. The molecule has 9 nitrogen and oxygen atoms in total. The number of hydrogen-bond acceptors (Lipinski definition) is 5. The van der Waals surface area contributed by atoms with Crippen LogP contribution in [0.4, 0.5) is 5.69 Å². The number of nitrogens with one attached hydrogen (secondary N) is 3. The lowest BCUT2D eigenvalue weighted by Gasteiger charge is -2.14. The van der Waals surface area contributed by atoms with Gasteiger partial charge in [0.2, 0.25) is 10.0 Å². The summed E-state index contributed by atoms with van der Waals surface area (Å²) in [4.78, 5) is 14.1. The summed E-state index contributed by atoms with van der Waals surface area (Å²) in [6, 6.07) is 11.1. The maximum atomic E-state index is 12.3. The molecule has 11 heteroatoms. The average molecular weight is 547 g/mol. The van der Waals surface area contributed by atoms with Crippen LogP contribution in [0.3, 0.4) is 0 Å². The van der Waals surface area contributed by atoms with Crippen molar-refractivity contribution in [2.24, 2.45) is 4.99 Å². The van der Waals surface area contributed by atoms with Gasteiger partial charge >= 0.3 is 0 Å². The summed E-state index contributed by atoms with van der Waals surface area (Å²) in [6.07, 6.45) is 0. The molecule has 0 bridgehead atoms. The number of nitro groups is 1. The molecular weight excluding hydrogens is 521 g/mol. The van der Waals surface area contributed by atoms with Gasteiger partial charge in [0.1, 0.15) is 0 Å². The summed E-state index contributed by atoms with van der Waals surface area (Å²) in [5.74, 6) is 0.541. The quantitative estimate of drug-likeness (QED) is 0.117. The average Bonchev–Trinajstić information content (AvgIpc) is 2.68. The first-order chi connectivity index (χ1) is 13.7. The molecule has 0 aromatic heterocycles. The van der Waals surface area contributed by atoms with Crippen LogP contribution in [0.2, 0.25) is 0 Å². The van der Waals surface area contributed by atoms with Crippen molar-refractivity contribution in [2.75, 3.05) is 20.1 Å². The summed E-state index contributed by atoms with van der Waals surface area (Å²) in [5, 5.41) is 17.0. The lowest BCUT2D eigenvalue weighted by Crippen LogP contribution is -2.41. The van der Waals surface area contributed by atoms with Crippen molar-refractivity contribution in [1.29, 1.82) is 0 Å². The van der Waals surface area contributed by atoms with Crippen LogP contribution in [0.15, 0.2) is 52.4 Å². The number of non-ortho nitro benzene ring substituents is 1. The second kappa shape index (κ2) is 11.8. The van der Waals surface area contributed by atoms with E-state index in [9.17, 15) is 18.5 Å². The van der Waals surface area contributed by atoms with Crippen molar-refractivity contribution >= 4 is 45.6 Å². The SMILES string of the molecule is CN=C(NCCNS(=O)(=O)c1cccc([N+](=O)[O-])c1)NCc1ccc(C)cc1C.I. The van der Waals surface area contributed by atoms with Gasteiger partial charge in [-0.25, -0.2) is 13.1 Å². The van der Waals surface area contributed by atoms with Crippen LogP contribution >= 0.6 is 24.0 Å². The number of guanidine groups is 1. The molecule has 0 radical (unpaired) electrons. The third-order valence-electron chi connectivity index (χ3n) is 4.22. The molecule has 0 amide bonds. The molecule has 2 aromatic rings. The van der Waals surface area contributed by atoms with Gasteiger partial charge in [0.25, 0.3) is 5.69 Å². The van der Waals surface area contributed by atoms with Crippen LogP contribution in [0.5, 0.6) is 0 Å². The summed E-state index contributed by atoms with van der Waals surface area (Å²) in [7, 11) is -2.21. The summed E-state index contributed by atoms with van der Waals surface area (Å²) >= 11 is 0. The van der Waals surface area contributed by atoms with E-state index in [1.807, 2.05) is 19.9 Å². The number of hydrogen-bond donors (Lipinski definition) is 3. The van der Waals surface area contributed by atoms with Gasteiger partial charge in [-0.3, -0.25) is 15.1 Å². The fourth-order valence-corrected chi connectivity index (χ4v) is 3.73. The van der Waals surface area contributed by atoms with Crippen molar-refractivity contribution in [3.8, 4) is 0 Å². The molecule has 0 unspecified atom stereocenters. The van der Waals surface area contributed by atoms with E-state index in [1.165, 1.54) is 29.3 Å². The maximum Gasteiger partial charge on any atom is 0.270 e. The third-order valence-corrected chi connectivity index (χ3v) is 5.67. The van der Waals surface area contributed by atoms with Crippen LogP contribution in [0.1, 0.15) is 16.7 Å². The number of rotatable bonds is 8. The smallest absolute Gasteiger partial charge is 0.270 e. The highest BCUT2D eigenvalue weighted by Crippen LogP contribution is 2.16. The van der Waals surface area contributed by atoms with Gasteiger partial charge in [-0.05, 0) is 31.0 Å². The molecule has 0 spiro atoms. The third kappa shape index (κ3) is 7.54. The van der Waals surface area contributed by atoms with Gasteiger partial charge in [0.05, 0.1) is 9.82 Å². The van der Waals surface area contributed by atoms with Gasteiger partial charge in [-0.15, -0.1) is 24.0 Å². The zero-order chi connectivity index (χ0) is 21.4. The lowest BCUT2D eigenvalue weighted by atomic mass is 10.1. The Kier molecular flexibility index (Phi) is 10.2. The Morgan fingerprint density at radius 2 is 1.83 bits per heavy atom. The Morgan fingerprint density at radius 1 is 1.10 bits per heavy atom. The molecule has 0 heterocycles. The number of nitrogens with zero attached hydrogens (tertiary/aromatic N) is 2. The Labute approximate surface area is 193 Å². The number of nitro benzene ring substituents is 1. The molecule has 0 atom stereocenters. The maximum absolute atomic E-state index is 12.3. The first-order valence-corrected chi connectivity index (χ1v) is 10.5. The zero-order valence-corrected chi connectivity index (χ0v) is 20.2. The Morgan fingerprint density at radius 3 is 2.47 bits per heavy atom. The van der Waals surface area contributed by atoms with Crippen molar-refractivity contribution < 1.29 is 13.3 Å². The van der Waals surface area contributed by atoms with Crippen LogP contribution < -0.4 is 15.4 Å². The minimum Gasteiger partial charge on any atom is -0.355 e. The molecule has 2 aromatic carbocycles. The summed E-state index contributed by atoms with van der Waals surface area (Å²) < 4.78 is 27.0.